The van der Waals surface area contributed by atoms with E-state index < -0.39 is 18.0 Å². The van der Waals surface area contributed by atoms with E-state index in [1.165, 1.54) is 7.05 Å². The predicted octanol–water partition coefficient (Wildman–Crippen LogP) is 0.841. The Morgan fingerprint density at radius 1 is 1.64 bits per heavy atom. The van der Waals surface area contributed by atoms with Gasteiger partial charge in [-0.25, -0.2) is 0 Å². The van der Waals surface area contributed by atoms with E-state index in [0.29, 0.717) is 6.42 Å². The standard InChI is InChI=1S/C6H7F3NO/c1-10-3-4(2-5(10)11)6(7,8)9/h2,4H,3H2,1H3. The fourth-order valence-electron chi connectivity index (χ4n) is 0.935. The van der Waals surface area contributed by atoms with Crippen LogP contribution in [0.5, 0.6) is 0 Å². The summed E-state index contributed by atoms with van der Waals surface area (Å²) in [5.41, 5.74) is 0. The fraction of sp³-hybridized carbons (Fsp3) is 0.667. The SMILES string of the molecule is CN1CC(C(F)(F)F)[CH]C1=O. The zero-order valence-electron chi connectivity index (χ0n) is 5.85. The maximum absolute atomic E-state index is 11.9. The number of carbonyl (C=O) groups excluding carboxylic acids is 1. The molecule has 1 aliphatic rings. The summed E-state index contributed by atoms with van der Waals surface area (Å²) in [5.74, 6) is -2.13. The highest BCUT2D eigenvalue weighted by molar-refractivity contribution is 5.87. The van der Waals surface area contributed by atoms with Gasteiger partial charge >= 0.3 is 6.18 Å². The second-order valence-electron chi connectivity index (χ2n) is 2.53. The topological polar surface area (TPSA) is 20.3 Å². The number of carbonyl (C=O) groups is 1. The van der Waals surface area contributed by atoms with Crippen molar-refractivity contribution in [3.63, 3.8) is 0 Å². The predicted molar refractivity (Wildman–Crippen MR) is 31.5 cm³/mol. The van der Waals surface area contributed by atoms with Crippen LogP contribution in [0.4, 0.5) is 13.2 Å². The van der Waals surface area contributed by atoms with Gasteiger partial charge in [-0.3, -0.25) is 4.79 Å². The third-order valence-electron chi connectivity index (χ3n) is 1.61. The highest BCUT2D eigenvalue weighted by Gasteiger charge is 2.46. The molecule has 1 aliphatic heterocycles. The lowest BCUT2D eigenvalue weighted by Gasteiger charge is -2.12. The van der Waals surface area contributed by atoms with Crippen molar-refractivity contribution in [2.75, 3.05) is 13.6 Å². The largest absolute Gasteiger partial charge is 0.394 e. The number of amides is 1. The molecule has 1 atom stereocenters. The van der Waals surface area contributed by atoms with Crippen molar-refractivity contribution in [1.29, 1.82) is 0 Å². The summed E-state index contributed by atoms with van der Waals surface area (Å²) in [4.78, 5) is 11.7. The minimum atomic E-state index is -4.28. The first-order valence-corrected chi connectivity index (χ1v) is 3.08. The van der Waals surface area contributed by atoms with Gasteiger partial charge < -0.3 is 4.90 Å². The second-order valence-corrected chi connectivity index (χ2v) is 2.53. The molecule has 1 fully saturated rings. The van der Waals surface area contributed by atoms with Crippen LogP contribution in [0.1, 0.15) is 0 Å². The Labute approximate surface area is 62.0 Å². The Morgan fingerprint density at radius 3 is 2.36 bits per heavy atom. The van der Waals surface area contributed by atoms with Gasteiger partial charge in [0.15, 0.2) is 0 Å². The molecule has 0 aromatic rings. The summed E-state index contributed by atoms with van der Waals surface area (Å²) in [5, 5.41) is 0. The lowest BCUT2D eigenvalue weighted by Crippen LogP contribution is -2.26. The van der Waals surface area contributed by atoms with Gasteiger partial charge in [0.05, 0.1) is 12.3 Å². The molecule has 5 heteroatoms. The molecular weight excluding hydrogens is 159 g/mol. The normalized spacial score (nSPS) is 26.4. The Bertz CT molecular complexity index is 177. The first kappa shape index (κ1) is 8.36. The Kier molecular flexibility index (Phi) is 1.82. The molecule has 0 aliphatic carbocycles. The van der Waals surface area contributed by atoms with Crippen molar-refractivity contribution >= 4 is 5.91 Å². The monoisotopic (exact) mass is 166 g/mol. The molecule has 1 saturated heterocycles. The molecule has 1 unspecified atom stereocenters. The maximum Gasteiger partial charge on any atom is 0.394 e. The van der Waals surface area contributed by atoms with Crippen LogP contribution in [-0.4, -0.2) is 30.6 Å². The molecule has 63 valence electrons. The van der Waals surface area contributed by atoms with Crippen molar-refractivity contribution < 1.29 is 18.0 Å². The van der Waals surface area contributed by atoms with E-state index in [-0.39, 0.29) is 6.54 Å². The molecule has 1 rings (SSSR count). The summed E-state index contributed by atoms with van der Waals surface area (Å²) in [6.07, 6.45) is -3.57. The molecule has 0 bridgehead atoms. The number of nitrogens with zero attached hydrogens (tertiary/aromatic N) is 1. The third kappa shape index (κ3) is 1.64. The Morgan fingerprint density at radius 2 is 2.18 bits per heavy atom. The summed E-state index contributed by atoms with van der Waals surface area (Å²) < 4.78 is 35.7. The van der Waals surface area contributed by atoms with Crippen molar-refractivity contribution in [2.45, 2.75) is 6.18 Å². The zero-order chi connectivity index (χ0) is 8.65. The molecular formula is C6H7F3NO. The number of halogens is 3. The molecule has 1 amide bonds. The minimum absolute atomic E-state index is 0.248. The van der Waals surface area contributed by atoms with Crippen LogP contribution in [0.2, 0.25) is 0 Å². The molecule has 0 N–H and O–H groups in total. The smallest absolute Gasteiger partial charge is 0.345 e. The first-order valence-electron chi connectivity index (χ1n) is 3.08. The fourth-order valence-corrected chi connectivity index (χ4v) is 0.935. The average molecular weight is 166 g/mol. The van der Waals surface area contributed by atoms with Crippen molar-refractivity contribution in [3.8, 4) is 0 Å². The molecule has 0 aromatic heterocycles. The summed E-state index contributed by atoms with van der Waals surface area (Å²) in [6, 6.07) is 0. The highest BCUT2D eigenvalue weighted by atomic mass is 19.4. The molecule has 2 nitrogen and oxygen atoms in total. The number of hydrogen-bond donors (Lipinski definition) is 0. The van der Waals surface area contributed by atoms with Gasteiger partial charge in [-0.05, 0) is 0 Å². The van der Waals surface area contributed by atoms with Crippen molar-refractivity contribution in [2.24, 2.45) is 5.92 Å². The van der Waals surface area contributed by atoms with Gasteiger partial charge in [0.1, 0.15) is 0 Å². The molecule has 0 spiro atoms. The van der Waals surface area contributed by atoms with Crippen LogP contribution in [0.25, 0.3) is 0 Å². The molecule has 0 aromatic carbocycles. The summed E-state index contributed by atoms with van der Waals surface area (Å²) in [7, 11) is 1.35. The van der Waals surface area contributed by atoms with Crippen LogP contribution in [-0.2, 0) is 4.79 Å². The van der Waals surface area contributed by atoms with E-state index in [2.05, 4.69) is 0 Å². The average Bonchev–Trinajstić information content (AvgIpc) is 2.11. The van der Waals surface area contributed by atoms with Crippen LogP contribution >= 0.6 is 0 Å². The second kappa shape index (κ2) is 2.39. The van der Waals surface area contributed by atoms with Crippen LogP contribution in [0, 0.1) is 12.3 Å². The van der Waals surface area contributed by atoms with E-state index in [9.17, 15) is 18.0 Å². The summed E-state index contributed by atoms with van der Waals surface area (Å²) >= 11 is 0. The van der Waals surface area contributed by atoms with E-state index in [4.69, 9.17) is 0 Å². The van der Waals surface area contributed by atoms with Gasteiger partial charge in [-0.1, -0.05) is 0 Å². The van der Waals surface area contributed by atoms with Gasteiger partial charge in [-0.15, -0.1) is 0 Å². The number of likely N-dealkylation sites (tertiary alicyclic amines) is 1. The Hall–Kier alpha value is -0.740. The lowest BCUT2D eigenvalue weighted by atomic mass is 10.1. The quantitative estimate of drug-likeness (QED) is 0.522. The van der Waals surface area contributed by atoms with Crippen LogP contribution in [0.15, 0.2) is 0 Å². The Balaban J connectivity index is 2.61. The third-order valence-corrected chi connectivity index (χ3v) is 1.61. The number of rotatable bonds is 0. The molecule has 11 heavy (non-hydrogen) atoms. The zero-order valence-corrected chi connectivity index (χ0v) is 5.85. The summed E-state index contributed by atoms with van der Waals surface area (Å²) in [6.45, 7) is -0.248. The highest BCUT2D eigenvalue weighted by Crippen LogP contribution is 2.32. The van der Waals surface area contributed by atoms with Gasteiger partial charge in [-0.2, -0.15) is 13.2 Å². The lowest BCUT2D eigenvalue weighted by molar-refractivity contribution is -0.162. The number of alkyl halides is 3. The van der Waals surface area contributed by atoms with Crippen LogP contribution in [0.3, 0.4) is 0 Å². The van der Waals surface area contributed by atoms with Gasteiger partial charge in [0, 0.05) is 13.6 Å². The maximum atomic E-state index is 11.9. The van der Waals surface area contributed by atoms with Gasteiger partial charge in [0.25, 0.3) is 0 Å². The molecule has 1 heterocycles. The molecule has 0 saturated carbocycles. The first-order chi connectivity index (χ1) is 4.91. The number of hydrogen-bond acceptors (Lipinski definition) is 1. The molecule has 1 radical (unpaired) electrons. The van der Waals surface area contributed by atoms with E-state index in [1.807, 2.05) is 0 Å². The van der Waals surface area contributed by atoms with Crippen molar-refractivity contribution in [3.05, 3.63) is 6.42 Å². The van der Waals surface area contributed by atoms with Crippen molar-refractivity contribution in [1.82, 2.24) is 4.90 Å². The van der Waals surface area contributed by atoms with E-state index in [0.717, 1.165) is 4.90 Å². The van der Waals surface area contributed by atoms with Crippen LogP contribution < -0.4 is 0 Å². The van der Waals surface area contributed by atoms with E-state index in [1.54, 1.807) is 0 Å². The van der Waals surface area contributed by atoms with Gasteiger partial charge in [0.2, 0.25) is 5.91 Å². The minimum Gasteiger partial charge on any atom is -0.345 e. The van der Waals surface area contributed by atoms with E-state index >= 15 is 0 Å².